The molecule has 31 heavy (non-hydrogen) atoms. The van der Waals surface area contributed by atoms with E-state index < -0.39 is 15.1 Å². The maximum atomic E-state index is 12.3. The van der Waals surface area contributed by atoms with Crippen LogP contribution in [-0.4, -0.2) is 63.8 Å². The Morgan fingerprint density at radius 2 is 1.87 bits per heavy atom. The van der Waals surface area contributed by atoms with Crippen LogP contribution >= 0.6 is 0 Å². The minimum absolute atomic E-state index is 0.0296. The summed E-state index contributed by atoms with van der Waals surface area (Å²) in [6.45, 7) is 5.92. The number of hydrogen-bond donors (Lipinski definition) is 1. The highest BCUT2D eigenvalue weighted by atomic mass is 32.2. The van der Waals surface area contributed by atoms with E-state index in [0.29, 0.717) is 35.7 Å². The topological polar surface area (TPSA) is 145 Å². The average molecular weight is 443 g/mol. The maximum Gasteiger partial charge on any atom is 0.311 e. The Labute approximate surface area is 179 Å². The number of aromatic nitrogens is 4. The first-order valence-corrected chi connectivity index (χ1v) is 11.3. The van der Waals surface area contributed by atoms with Crippen molar-refractivity contribution in [3.8, 4) is 22.8 Å². The molecule has 1 fully saturated rings. The van der Waals surface area contributed by atoms with Gasteiger partial charge in [0.2, 0.25) is 0 Å². The molecule has 1 aliphatic rings. The summed E-state index contributed by atoms with van der Waals surface area (Å²) in [5.41, 5.74) is 7.80. The SMILES string of the molecule is Cc1ncc(-c2ccc(S(=O)(=O)C(C)C)cc2)nc1-c1nnc(C(=O)N2CC(N)C2)o1. The van der Waals surface area contributed by atoms with Crippen molar-refractivity contribution in [1.29, 1.82) is 0 Å². The first kappa shape index (κ1) is 21.1. The van der Waals surface area contributed by atoms with Crippen molar-refractivity contribution in [2.75, 3.05) is 13.1 Å². The number of sulfone groups is 1. The number of amides is 1. The lowest BCUT2D eigenvalue weighted by Gasteiger charge is -2.35. The van der Waals surface area contributed by atoms with Gasteiger partial charge in [-0.3, -0.25) is 9.78 Å². The van der Waals surface area contributed by atoms with Crippen LogP contribution in [0.2, 0.25) is 0 Å². The van der Waals surface area contributed by atoms with Crippen molar-refractivity contribution in [3.05, 3.63) is 42.0 Å². The standard InChI is InChI=1S/C20H22N6O4S/c1-11(2)31(28,29)15-6-4-13(5-7-15)16-8-22-12(3)17(23-16)18-24-25-19(30-18)20(27)26-9-14(21)10-26/h4-8,11,14H,9-10,21H2,1-3H3. The predicted octanol–water partition coefficient (Wildman–Crippen LogP) is 1.47. The number of nitrogens with two attached hydrogens (primary N) is 1. The van der Waals surface area contributed by atoms with E-state index in [4.69, 9.17) is 10.2 Å². The molecule has 162 valence electrons. The van der Waals surface area contributed by atoms with Crippen LogP contribution in [0.5, 0.6) is 0 Å². The number of aryl methyl sites for hydroxylation is 1. The Bertz CT molecular complexity index is 1230. The van der Waals surface area contributed by atoms with E-state index in [1.165, 1.54) is 4.90 Å². The summed E-state index contributed by atoms with van der Waals surface area (Å²) < 4.78 is 30.2. The lowest BCUT2D eigenvalue weighted by Crippen LogP contribution is -2.57. The van der Waals surface area contributed by atoms with Gasteiger partial charge in [-0.2, -0.15) is 0 Å². The van der Waals surface area contributed by atoms with E-state index in [0.717, 1.165) is 0 Å². The molecule has 0 saturated carbocycles. The predicted molar refractivity (Wildman–Crippen MR) is 112 cm³/mol. The van der Waals surface area contributed by atoms with Crippen LogP contribution in [0.4, 0.5) is 0 Å². The van der Waals surface area contributed by atoms with Crippen molar-refractivity contribution in [1.82, 2.24) is 25.1 Å². The molecule has 0 aliphatic carbocycles. The molecule has 11 heteroatoms. The number of nitrogens with zero attached hydrogens (tertiary/aromatic N) is 5. The molecule has 0 unspecified atom stereocenters. The second-order valence-corrected chi connectivity index (χ2v) is 10.2. The molecule has 1 amide bonds. The maximum absolute atomic E-state index is 12.3. The zero-order chi connectivity index (χ0) is 22.3. The molecule has 2 aromatic heterocycles. The molecule has 10 nitrogen and oxygen atoms in total. The Morgan fingerprint density at radius 1 is 1.19 bits per heavy atom. The number of rotatable bonds is 5. The van der Waals surface area contributed by atoms with Crippen molar-refractivity contribution in [3.63, 3.8) is 0 Å². The molecule has 0 bridgehead atoms. The van der Waals surface area contributed by atoms with Crippen molar-refractivity contribution in [2.45, 2.75) is 37.0 Å². The van der Waals surface area contributed by atoms with Crippen molar-refractivity contribution < 1.29 is 17.6 Å². The third-order valence-corrected chi connectivity index (χ3v) is 7.23. The Hall–Kier alpha value is -3.18. The zero-order valence-corrected chi connectivity index (χ0v) is 18.1. The number of hydrogen-bond acceptors (Lipinski definition) is 9. The van der Waals surface area contributed by atoms with Crippen LogP contribution < -0.4 is 5.73 Å². The van der Waals surface area contributed by atoms with Gasteiger partial charge >= 0.3 is 11.8 Å². The van der Waals surface area contributed by atoms with Gasteiger partial charge < -0.3 is 15.1 Å². The first-order valence-electron chi connectivity index (χ1n) is 9.73. The van der Waals surface area contributed by atoms with E-state index >= 15 is 0 Å². The van der Waals surface area contributed by atoms with E-state index in [2.05, 4.69) is 20.2 Å². The van der Waals surface area contributed by atoms with Gasteiger partial charge in [0.1, 0.15) is 5.69 Å². The Morgan fingerprint density at radius 3 is 2.48 bits per heavy atom. The number of carbonyl (C=O) groups is 1. The van der Waals surface area contributed by atoms with Crippen LogP contribution in [-0.2, 0) is 9.84 Å². The second-order valence-electron chi connectivity index (χ2n) is 7.69. The van der Waals surface area contributed by atoms with Crippen LogP contribution in [0, 0.1) is 6.92 Å². The number of benzene rings is 1. The van der Waals surface area contributed by atoms with Crippen LogP contribution in [0.15, 0.2) is 39.8 Å². The monoisotopic (exact) mass is 442 g/mol. The smallest absolute Gasteiger partial charge is 0.311 e. The molecule has 3 heterocycles. The highest BCUT2D eigenvalue weighted by molar-refractivity contribution is 7.92. The summed E-state index contributed by atoms with van der Waals surface area (Å²) >= 11 is 0. The van der Waals surface area contributed by atoms with Gasteiger partial charge in [-0.05, 0) is 32.9 Å². The van der Waals surface area contributed by atoms with Gasteiger partial charge in [-0.25, -0.2) is 13.4 Å². The van der Waals surface area contributed by atoms with Gasteiger partial charge in [0.05, 0.1) is 27.7 Å². The molecule has 0 spiro atoms. The fourth-order valence-electron chi connectivity index (χ4n) is 3.10. The highest BCUT2D eigenvalue weighted by Crippen LogP contribution is 2.26. The molecule has 4 rings (SSSR count). The van der Waals surface area contributed by atoms with Crippen LogP contribution in [0.25, 0.3) is 22.8 Å². The van der Waals surface area contributed by atoms with Crippen LogP contribution in [0.1, 0.15) is 30.2 Å². The average Bonchev–Trinajstić information content (AvgIpc) is 3.21. The van der Waals surface area contributed by atoms with Gasteiger partial charge in [0.15, 0.2) is 9.84 Å². The summed E-state index contributed by atoms with van der Waals surface area (Å²) in [6, 6.07) is 6.42. The summed E-state index contributed by atoms with van der Waals surface area (Å²) in [7, 11) is -3.36. The molecule has 1 saturated heterocycles. The molecule has 0 atom stereocenters. The Balaban J connectivity index is 1.62. The third-order valence-electron chi connectivity index (χ3n) is 5.06. The van der Waals surface area contributed by atoms with E-state index in [1.807, 2.05) is 0 Å². The number of carbonyl (C=O) groups excluding carboxylic acids is 1. The quantitative estimate of drug-likeness (QED) is 0.620. The first-order chi connectivity index (χ1) is 14.7. The minimum atomic E-state index is -3.36. The van der Waals surface area contributed by atoms with Crippen molar-refractivity contribution in [2.24, 2.45) is 5.73 Å². The zero-order valence-electron chi connectivity index (χ0n) is 17.3. The van der Waals surface area contributed by atoms with E-state index in [9.17, 15) is 13.2 Å². The molecule has 0 radical (unpaired) electrons. The molecule has 3 aromatic rings. The fraction of sp³-hybridized carbons (Fsp3) is 0.350. The normalized spacial score (nSPS) is 14.7. The Kier molecular flexibility index (Phi) is 5.31. The van der Waals surface area contributed by atoms with E-state index in [-0.39, 0.29) is 28.6 Å². The summed E-state index contributed by atoms with van der Waals surface area (Å²) in [4.78, 5) is 23.0. The lowest BCUT2D eigenvalue weighted by molar-refractivity contribution is 0.0567. The van der Waals surface area contributed by atoms with Crippen LogP contribution in [0.3, 0.4) is 0 Å². The number of likely N-dealkylation sites (tertiary alicyclic amines) is 1. The summed E-state index contributed by atoms with van der Waals surface area (Å²) in [6.07, 6.45) is 1.58. The molecule has 1 aromatic carbocycles. The van der Waals surface area contributed by atoms with Gasteiger partial charge in [0.25, 0.3) is 5.89 Å². The fourth-order valence-corrected chi connectivity index (χ4v) is 4.16. The summed E-state index contributed by atoms with van der Waals surface area (Å²) in [5, 5.41) is 7.28. The summed E-state index contributed by atoms with van der Waals surface area (Å²) in [5.74, 6) is -0.417. The highest BCUT2D eigenvalue weighted by Gasteiger charge is 2.32. The molecular formula is C20H22N6O4S. The molecule has 1 aliphatic heterocycles. The van der Waals surface area contributed by atoms with Crippen molar-refractivity contribution >= 4 is 15.7 Å². The lowest BCUT2D eigenvalue weighted by atomic mass is 10.1. The van der Waals surface area contributed by atoms with Gasteiger partial charge in [-0.1, -0.05) is 12.1 Å². The second kappa shape index (κ2) is 7.82. The molecular weight excluding hydrogens is 420 g/mol. The van der Waals surface area contributed by atoms with Gasteiger partial charge in [0, 0.05) is 24.7 Å². The minimum Gasteiger partial charge on any atom is -0.411 e. The molecule has 2 N–H and O–H groups in total. The third kappa shape index (κ3) is 3.93. The van der Waals surface area contributed by atoms with E-state index in [1.54, 1.807) is 51.2 Å². The largest absolute Gasteiger partial charge is 0.411 e. The van der Waals surface area contributed by atoms with Gasteiger partial charge in [-0.15, -0.1) is 10.2 Å².